The van der Waals surface area contributed by atoms with Gasteiger partial charge in [0.1, 0.15) is 0 Å². The van der Waals surface area contributed by atoms with E-state index in [1.807, 2.05) is 0 Å². The molecular formula is C27H44O. The molecule has 0 spiro atoms. The van der Waals surface area contributed by atoms with Gasteiger partial charge in [0, 0.05) is 0 Å². The van der Waals surface area contributed by atoms with Crippen molar-refractivity contribution in [2.45, 2.75) is 105 Å². The highest BCUT2D eigenvalue weighted by atomic mass is 16.3. The van der Waals surface area contributed by atoms with Gasteiger partial charge in [0.25, 0.3) is 0 Å². The molecule has 3 aliphatic rings. The maximum absolute atomic E-state index is 10.0. The van der Waals surface area contributed by atoms with Crippen LogP contribution in [0.1, 0.15) is 98.8 Å². The third-order valence-corrected chi connectivity index (χ3v) is 8.34. The van der Waals surface area contributed by atoms with E-state index in [0.717, 1.165) is 42.9 Å². The van der Waals surface area contributed by atoms with Crippen LogP contribution < -0.4 is 0 Å². The van der Waals surface area contributed by atoms with E-state index in [4.69, 9.17) is 0 Å². The molecule has 158 valence electrons. The van der Waals surface area contributed by atoms with Crippen LogP contribution in [0, 0.1) is 29.1 Å². The van der Waals surface area contributed by atoms with Crippen molar-refractivity contribution in [3.8, 4) is 0 Å². The zero-order chi connectivity index (χ0) is 20.3. The van der Waals surface area contributed by atoms with Crippen molar-refractivity contribution in [2.75, 3.05) is 0 Å². The summed E-state index contributed by atoms with van der Waals surface area (Å²) in [6.45, 7) is 12.1. The number of allylic oxidation sites excluding steroid dienone is 5. The first-order valence-corrected chi connectivity index (χ1v) is 12.1. The first-order chi connectivity index (χ1) is 13.3. The van der Waals surface area contributed by atoms with E-state index in [0.29, 0.717) is 5.41 Å². The van der Waals surface area contributed by atoms with Crippen molar-refractivity contribution in [2.24, 2.45) is 29.1 Å². The summed E-state index contributed by atoms with van der Waals surface area (Å²) in [7, 11) is 0. The molecule has 0 heterocycles. The highest BCUT2D eigenvalue weighted by molar-refractivity contribution is 5.36. The maximum atomic E-state index is 10.0. The molecule has 0 aromatic rings. The van der Waals surface area contributed by atoms with Crippen molar-refractivity contribution in [3.05, 3.63) is 34.9 Å². The van der Waals surface area contributed by atoms with Crippen LogP contribution >= 0.6 is 0 Å². The van der Waals surface area contributed by atoms with Crippen molar-refractivity contribution >= 4 is 0 Å². The minimum Gasteiger partial charge on any atom is -0.393 e. The predicted molar refractivity (Wildman–Crippen MR) is 121 cm³/mol. The Hall–Kier alpha value is -0.820. The van der Waals surface area contributed by atoms with Gasteiger partial charge in [-0.15, -0.1) is 0 Å². The highest BCUT2D eigenvalue weighted by Crippen LogP contribution is 2.58. The predicted octanol–water partition coefficient (Wildman–Crippen LogP) is 7.62. The molecule has 1 saturated carbocycles. The molecule has 3 rings (SSSR count). The second-order valence-corrected chi connectivity index (χ2v) is 10.8. The molecule has 0 unspecified atom stereocenters. The SMILES string of the molecule is CC1=C(/C=C\C2=CCC[C@]3(C)[C@@H]([C@H](C)CCCC(C)C)CC[C@@H]23)C[C@H](O)CC1. The summed E-state index contributed by atoms with van der Waals surface area (Å²) in [5.41, 5.74) is 4.93. The summed E-state index contributed by atoms with van der Waals surface area (Å²) in [6.07, 6.45) is 19.5. The lowest BCUT2D eigenvalue weighted by Gasteiger charge is -2.43. The monoisotopic (exact) mass is 384 g/mol. The van der Waals surface area contributed by atoms with Crippen molar-refractivity contribution in [3.63, 3.8) is 0 Å². The zero-order valence-electron chi connectivity index (χ0n) is 19.1. The Morgan fingerprint density at radius 3 is 2.68 bits per heavy atom. The number of aliphatic hydroxyl groups is 1. The molecular weight excluding hydrogens is 340 g/mol. The van der Waals surface area contributed by atoms with Crippen LogP contribution in [0.5, 0.6) is 0 Å². The average Bonchev–Trinajstić information content (AvgIpc) is 2.99. The molecule has 0 radical (unpaired) electrons. The Kier molecular flexibility index (Phi) is 7.29. The Balaban J connectivity index is 1.67. The Labute approximate surface area is 174 Å². The lowest BCUT2D eigenvalue weighted by Crippen LogP contribution is -2.35. The Bertz CT molecular complexity index is 622. The quantitative estimate of drug-likeness (QED) is 0.478. The van der Waals surface area contributed by atoms with Gasteiger partial charge in [-0.2, -0.15) is 0 Å². The van der Waals surface area contributed by atoms with E-state index < -0.39 is 0 Å². The van der Waals surface area contributed by atoms with Gasteiger partial charge in [0.2, 0.25) is 0 Å². The van der Waals surface area contributed by atoms with Gasteiger partial charge < -0.3 is 5.11 Å². The van der Waals surface area contributed by atoms with E-state index in [9.17, 15) is 5.11 Å². The van der Waals surface area contributed by atoms with E-state index in [1.54, 1.807) is 5.57 Å². The fraction of sp³-hybridized carbons (Fsp3) is 0.778. The third-order valence-electron chi connectivity index (χ3n) is 8.34. The van der Waals surface area contributed by atoms with Gasteiger partial charge >= 0.3 is 0 Å². The van der Waals surface area contributed by atoms with Crippen LogP contribution in [0.4, 0.5) is 0 Å². The second kappa shape index (κ2) is 9.33. The van der Waals surface area contributed by atoms with Crippen LogP contribution in [-0.2, 0) is 0 Å². The fourth-order valence-corrected chi connectivity index (χ4v) is 6.51. The molecule has 1 N–H and O–H groups in total. The van der Waals surface area contributed by atoms with E-state index >= 15 is 0 Å². The van der Waals surface area contributed by atoms with Gasteiger partial charge in [-0.25, -0.2) is 0 Å². The molecule has 1 fully saturated rings. The number of hydrogen-bond donors (Lipinski definition) is 1. The Morgan fingerprint density at radius 2 is 1.93 bits per heavy atom. The normalized spacial score (nSPS) is 34.8. The molecule has 0 aromatic carbocycles. The van der Waals surface area contributed by atoms with Gasteiger partial charge in [-0.3, -0.25) is 0 Å². The van der Waals surface area contributed by atoms with Crippen LogP contribution in [0.2, 0.25) is 0 Å². The smallest absolute Gasteiger partial charge is 0.0583 e. The number of rotatable bonds is 7. The van der Waals surface area contributed by atoms with E-state index in [2.05, 4.69) is 52.8 Å². The topological polar surface area (TPSA) is 20.2 Å². The molecule has 0 amide bonds. The molecule has 0 saturated heterocycles. The van der Waals surface area contributed by atoms with Crippen LogP contribution in [0.15, 0.2) is 34.9 Å². The van der Waals surface area contributed by atoms with Gasteiger partial charge in [-0.05, 0) is 92.1 Å². The van der Waals surface area contributed by atoms with Gasteiger partial charge in [-0.1, -0.05) is 70.8 Å². The van der Waals surface area contributed by atoms with Crippen molar-refractivity contribution < 1.29 is 5.11 Å². The maximum Gasteiger partial charge on any atom is 0.0583 e. The summed E-state index contributed by atoms with van der Waals surface area (Å²) in [6, 6.07) is 0. The fourth-order valence-electron chi connectivity index (χ4n) is 6.51. The highest BCUT2D eigenvalue weighted by Gasteiger charge is 2.49. The van der Waals surface area contributed by atoms with Crippen LogP contribution in [0.25, 0.3) is 0 Å². The molecule has 5 atom stereocenters. The molecule has 0 aromatic heterocycles. The lowest BCUT2D eigenvalue weighted by molar-refractivity contribution is 0.107. The van der Waals surface area contributed by atoms with Crippen molar-refractivity contribution in [1.82, 2.24) is 0 Å². The summed E-state index contributed by atoms with van der Waals surface area (Å²) in [5, 5.41) is 10.0. The summed E-state index contributed by atoms with van der Waals surface area (Å²) in [5.74, 6) is 3.32. The van der Waals surface area contributed by atoms with Crippen LogP contribution in [0.3, 0.4) is 0 Å². The minimum absolute atomic E-state index is 0.142. The minimum atomic E-state index is -0.142. The first-order valence-electron chi connectivity index (χ1n) is 12.1. The molecule has 3 aliphatic carbocycles. The molecule has 28 heavy (non-hydrogen) atoms. The third kappa shape index (κ3) is 4.84. The lowest BCUT2D eigenvalue weighted by atomic mass is 9.62. The Morgan fingerprint density at radius 1 is 1.14 bits per heavy atom. The number of fused-ring (bicyclic) bond motifs is 1. The summed E-state index contributed by atoms with van der Waals surface area (Å²) >= 11 is 0. The standard InChI is InChI=1S/C27H44O/c1-19(2)8-6-9-21(4)25-15-16-26-22(10-7-17-27(25,26)5)12-13-23-18-24(28)14-11-20(23)3/h10,12-13,19,21,24-26,28H,6-9,11,14-18H2,1-5H3/b13-12-/t21-,24-,25-,26+,27-/m1/s1. The van der Waals surface area contributed by atoms with Gasteiger partial charge in [0.15, 0.2) is 0 Å². The summed E-state index contributed by atoms with van der Waals surface area (Å²) in [4.78, 5) is 0. The zero-order valence-corrected chi connectivity index (χ0v) is 19.1. The molecule has 1 nitrogen and oxygen atoms in total. The summed E-state index contributed by atoms with van der Waals surface area (Å²) < 4.78 is 0. The van der Waals surface area contributed by atoms with Crippen molar-refractivity contribution in [1.29, 1.82) is 0 Å². The number of aliphatic hydroxyl groups excluding tert-OH is 1. The van der Waals surface area contributed by atoms with E-state index in [-0.39, 0.29) is 6.10 Å². The second-order valence-electron chi connectivity index (χ2n) is 10.8. The largest absolute Gasteiger partial charge is 0.393 e. The molecule has 0 aliphatic heterocycles. The van der Waals surface area contributed by atoms with Gasteiger partial charge in [0.05, 0.1) is 6.10 Å². The average molecular weight is 385 g/mol. The number of hydrogen-bond acceptors (Lipinski definition) is 1. The first kappa shape index (κ1) is 21.9. The van der Waals surface area contributed by atoms with Crippen LogP contribution in [-0.4, -0.2) is 11.2 Å². The van der Waals surface area contributed by atoms with E-state index in [1.165, 1.54) is 56.1 Å². The molecule has 0 bridgehead atoms. The molecule has 1 heteroatoms.